The SMILES string of the molecule is CCc1ccc(CN(C)C(=O)c2cc(OC)c(C)c(OC)c2)cc1. The van der Waals surface area contributed by atoms with Crippen molar-refractivity contribution >= 4 is 5.91 Å². The lowest BCUT2D eigenvalue weighted by Crippen LogP contribution is -2.26. The topological polar surface area (TPSA) is 38.8 Å². The van der Waals surface area contributed by atoms with Crippen LogP contribution in [-0.4, -0.2) is 32.1 Å². The maximum atomic E-state index is 12.7. The summed E-state index contributed by atoms with van der Waals surface area (Å²) in [5, 5.41) is 0. The fourth-order valence-corrected chi connectivity index (χ4v) is 2.66. The van der Waals surface area contributed by atoms with Crippen LogP contribution in [-0.2, 0) is 13.0 Å². The van der Waals surface area contributed by atoms with Gasteiger partial charge in [0.15, 0.2) is 0 Å². The van der Waals surface area contributed by atoms with E-state index in [9.17, 15) is 4.79 Å². The number of carbonyl (C=O) groups is 1. The first kappa shape index (κ1) is 17.9. The van der Waals surface area contributed by atoms with Crippen molar-refractivity contribution in [1.82, 2.24) is 4.90 Å². The monoisotopic (exact) mass is 327 g/mol. The molecule has 0 unspecified atom stereocenters. The first-order chi connectivity index (χ1) is 11.5. The second-order valence-electron chi connectivity index (χ2n) is 5.84. The van der Waals surface area contributed by atoms with Crippen molar-refractivity contribution in [1.29, 1.82) is 0 Å². The fourth-order valence-electron chi connectivity index (χ4n) is 2.66. The molecule has 0 radical (unpaired) electrons. The molecule has 0 aliphatic carbocycles. The first-order valence-corrected chi connectivity index (χ1v) is 8.06. The molecule has 0 heterocycles. The van der Waals surface area contributed by atoms with Crippen molar-refractivity contribution in [3.8, 4) is 11.5 Å². The lowest BCUT2D eigenvalue weighted by molar-refractivity contribution is 0.0784. The number of carbonyl (C=O) groups excluding carboxylic acids is 1. The zero-order valence-corrected chi connectivity index (χ0v) is 15.1. The molecule has 4 heteroatoms. The number of amides is 1. The molecule has 0 bridgehead atoms. The smallest absolute Gasteiger partial charge is 0.254 e. The predicted octanol–water partition coefficient (Wildman–Crippen LogP) is 3.85. The highest BCUT2D eigenvalue weighted by atomic mass is 16.5. The van der Waals surface area contributed by atoms with Crippen LogP contribution in [0.25, 0.3) is 0 Å². The summed E-state index contributed by atoms with van der Waals surface area (Å²) in [4.78, 5) is 14.4. The average molecular weight is 327 g/mol. The van der Waals surface area contributed by atoms with Crippen LogP contribution in [0, 0.1) is 6.92 Å². The van der Waals surface area contributed by atoms with Crippen LogP contribution >= 0.6 is 0 Å². The maximum Gasteiger partial charge on any atom is 0.254 e. The van der Waals surface area contributed by atoms with Gasteiger partial charge in [-0.1, -0.05) is 31.2 Å². The van der Waals surface area contributed by atoms with E-state index >= 15 is 0 Å². The summed E-state index contributed by atoms with van der Waals surface area (Å²) in [6.07, 6.45) is 1.01. The standard InChI is InChI=1S/C20H25NO3/c1-6-15-7-9-16(10-8-15)13-21(3)20(22)17-11-18(23-4)14(2)19(12-17)24-5/h7-12H,6,13H2,1-5H3. The number of ether oxygens (including phenoxy) is 2. The van der Waals surface area contributed by atoms with Crippen molar-refractivity contribution in [2.45, 2.75) is 26.8 Å². The summed E-state index contributed by atoms with van der Waals surface area (Å²) in [7, 11) is 4.99. The lowest BCUT2D eigenvalue weighted by atomic mass is 10.1. The minimum atomic E-state index is -0.0637. The average Bonchev–Trinajstić information content (AvgIpc) is 2.61. The summed E-state index contributed by atoms with van der Waals surface area (Å²) in [6, 6.07) is 11.9. The van der Waals surface area contributed by atoms with Gasteiger partial charge in [0.25, 0.3) is 5.91 Å². The quantitative estimate of drug-likeness (QED) is 0.809. The van der Waals surface area contributed by atoms with Gasteiger partial charge in [-0.05, 0) is 36.6 Å². The van der Waals surface area contributed by atoms with Crippen molar-refractivity contribution in [3.05, 3.63) is 58.7 Å². The lowest BCUT2D eigenvalue weighted by Gasteiger charge is -2.19. The molecule has 128 valence electrons. The van der Waals surface area contributed by atoms with E-state index in [1.54, 1.807) is 38.3 Å². The molecular weight excluding hydrogens is 302 g/mol. The Labute approximate surface area is 144 Å². The normalized spacial score (nSPS) is 10.4. The largest absolute Gasteiger partial charge is 0.496 e. The number of aryl methyl sites for hydroxylation is 1. The summed E-state index contributed by atoms with van der Waals surface area (Å²) in [5.74, 6) is 1.24. The Morgan fingerprint density at radius 2 is 1.50 bits per heavy atom. The third-order valence-electron chi connectivity index (χ3n) is 4.20. The van der Waals surface area contributed by atoms with Crippen LogP contribution in [0.1, 0.15) is 34.0 Å². The number of nitrogens with zero attached hydrogens (tertiary/aromatic N) is 1. The molecule has 0 N–H and O–H groups in total. The summed E-state index contributed by atoms with van der Waals surface area (Å²) in [6.45, 7) is 4.59. The highest BCUT2D eigenvalue weighted by Gasteiger charge is 2.17. The van der Waals surface area contributed by atoms with E-state index in [4.69, 9.17) is 9.47 Å². The molecule has 4 nitrogen and oxygen atoms in total. The molecule has 0 atom stereocenters. The molecule has 2 aromatic carbocycles. The van der Waals surface area contributed by atoms with Gasteiger partial charge in [0.1, 0.15) is 11.5 Å². The van der Waals surface area contributed by atoms with Crippen LogP contribution in [0.2, 0.25) is 0 Å². The zero-order valence-electron chi connectivity index (χ0n) is 15.1. The third kappa shape index (κ3) is 3.88. The second kappa shape index (κ2) is 7.86. The summed E-state index contributed by atoms with van der Waals surface area (Å²) in [5.41, 5.74) is 3.84. The van der Waals surface area contributed by atoms with Crippen molar-refractivity contribution < 1.29 is 14.3 Å². The van der Waals surface area contributed by atoms with Gasteiger partial charge in [-0.25, -0.2) is 0 Å². The van der Waals surface area contributed by atoms with E-state index < -0.39 is 0 Å². The van der Waals surface area contributed by atoms with E-state index in [2.05, 4.69) is 31.2 Å². The van der Waals surface area contributed by atoms with Gasteiger partial charge in [0.05, 0.1) is 14.2 Å². The van der Waals surface area contributed by atoms with Crippen LogP contribution in [0.4, 0.5) is 0 Å². The Kier molecular flexibility index (Phi) is 5.85. The Balaban J connectivity index is 2.20. The minimum Gasteiger partial charge on any atom is -0.496 e. The highest BCUT2D eigenvalue weighted by Crippen LogP contribution is 2.30. The van der Waals surface area contributed by atoms with Gasteiger partial charge in [0, 0.05) is 24.7 Å². The third-order valence-corrected chi connectivity index (χ3v) is 4.20. The predicted molar refractivity (Wildman–Crippen MR) is 95.9 cm³/mol. The first-order valence-electron chi connectivity index (χ1n) is 8.06. The fraction of sp³-hybridized carbons (Fsp3) is 0.350. The van der Waals surface area contributed by atoms with Crippen LogP contribution in [0.3, 0.4) is 0 Å². The van der Waals surface area contributed by atoms with Gasteiger partial charge < -0.3 is 14.4 Å². The van der Waals surface area contributed by atoms with E-state index in [1.807, 2.05) is 6.92 Å². The molecule has 1 amide bonds. The molecule has 0 saturated carbocycles. The molecule has 0 aromatic heterocycles. The van der Waals surface area contributed by atoms with Gasteiger partial charge in [-0.3, -0.25) is 4.79 Å². The van der Waals surface area contributed by atoms with E-state index in [0.29, 0.717) is 23.6 Å². The number of hydrogen-bond donors (Lipinski definition) is 0. The van der Waals surface area contributed by atoms with E-state index in [-0.39, 0.29) is 5.91 Å². The maximum absolute atomic E-state index is 12.7. The second-order valence-corrected chi connectivity index (χ2v) is 5.84. The molecule has 0 fully saturated rings. The van der Waals surface area contributed by atoms with Gasteiger partial charge in [-0.15, -0.1) is 0 Å². The summed E-state index contributed by atoms with van der Waals surface area (Å²) >= 11 is 0. The van der Waals surface area contributed by atoms with E-state index in [0.717, 1.165) is 17.5 Å². The van der Waals surface area contributed by atoms with Crippen molar-refractivity contribution in [2.24, 2.45) is 0 Å². The molecule has 0 aliphatic rings. The molecule has 0 aliphatic heterocycles. The Morgan fingerprint density at radius 1 is 1.00 bits per heavy atom. The summed E-state index contributed by atoms with van der Waals surface area (Å²) < 4.78 is 10.7. The van der Waals surface area contributed by atoms with Gasteiger partial charge in [-0.2, -0.15) is 0 Å². The van der Waals surface area contributed by atoms with Crippen LogP contribution < -0.4 is 9.47 Å². The van der Waals surface area contributed by atoms with Crippen molar-refractivity contribution in [3.63, 3.8) is 0 Å². The minimum absolute atomic E-state index is 0.0637. The molecular formula is C20H25NO3. The molecule has 0 spiro atoms. The molecule has 2 aromatic rings. The number of methoxy groups -OCH3 is 2. The Hall–Kier alpha value is -2.49. The number of benzene rings is 2. The molecule has 2 rings (SSSR count). The van der Waals surface area contributed by atoms with Gasteiger partial charge >= 0.3 is 0 Å². The van der Waals surface area contributed by atoms with Crippen molar-refractivity contribution in [2.75, 3.05) is 21.3 Å². The molecule has 0 saturated heterocycles. The molecule has 24 heavy (non-hydrogen) atoms. The van der Waals surface area contributed by atoms with E-state index in [1.165, 1.54) is 5.56 Å². The number of rotatable bonds is 6. The number of hydrogen-bond acceptors (Lipinski definition) is 3. The Morgan fingerprint density at radius 3 is 1.96 bits per heavy atom. The van der Waals surface area contributed by atoms with Crippen LogP contribution in [0.15, 0.2) is 36.4 Å². The highest BCUT2D eigenvalue weighted by molar-refractivity contribution is 5.95. The Bertz CT molecular complexity index is 682. The van der Waals surface area contributed by atoms with Gasteiger partial charge in [0.2, 0.25) is 0 Å². The van der Waals surface area contributed by atoms with Crippen LogP contribution in [0.5, 0.6) is 11.5 Å². The zero-order chi connectivity index (χ0) is 17.7.